The maximum atomic E-state index is 11.7. The van der Waals surface area contributed by atoms with Crippen LogP contribution in [0.4, 0.5) is 0 Å². The van der Waals surface area contributed by atoms with Crippen LogP contribution in [0.3, 0.4) is 0 Å². The highest BCUT2D eigenvalue weighted by Crippen LogP contribution is 2.64. The van der Waals surface area contributed by atoms with E-state index in [9.17, 15) is 9.90 Å². The van der Waals surface area contributed by atoms with E-state index in [0.717, 1.165) is 25.2 Å². The zero-order valence-electron chi connectivity index (χ0n) is 13.1. The molecule has 6 atom stereocenters. The molecule has 21 heavy (non-hydrogen) atoms. The van der Waals surface area contributed by atoms with Gasteiger partial charge >= 0.3 is 0 Å². The van der Waals surface area contributed by atoms with Gasteiger partial charge in [0.1, 0.15) is 0 Å². The van der Waals surface area contributed by atoms with Crippen LogP contribution in [0, 0.1) is 28.6 Å². The average molecular weight is 286 g/mol. The number of carbonyl (C=O) groups is 1. The minimum absolute atomic E-state index is 0.0890. The molecule has 0 bridgehead atoms. The zero-order chi connectivity index (χ0) is 14.8. The molecular weight excluding hydrogens is 260 g/mol. The number of rotatable bonds is 0. The lowest BCUT2D eigenvalue weighted by molar-refractivity contribution is -0.111. The molecule has 0 unspecified atom stereocenters. The molecule has 4 aliphatic carbocycles. The van der Waals surface area contributed by atoms with Gasteiger partial charge < -0.3 is 5.11 Å². The fourth-order valence-corrected chi connectivity index (χ4v) is 6.22. The van der Waals surface area contributed by atoms with Crippen molar-refractivity contribution in [3.63, 3.8) is 0 Å². The third kappa shape index (κ3) is 1.84. The minimum atomic E-state index is -0.0908. The maximum absolute atomic E-state index is 11.7. The molecule has 1 N–H and O–H groups in total. The van der Waals surface area contributed by atoms with E-state index >= 15 is 0 Å². The smallest absolute Gasteiger partial charge is 0.178 e. The average Bonchev–Trinajstić information content (AvgIpc) is 2.74. The van der Waals surface area contributed by atoms with Crippen LogP contribution in [0.25, 0.3) is 0 Å². The Morgan fingerprint density at radius 3 is 2.86 bits per heavy atom. The van der Waals surface area contributed by atoms with Crippen molar-refractivity contribution in [1.82, 2.24) is 0 Å². The standard InChI is InChI=1S/C19H26O2/c1-18-7-6-16-15(17(18)10-14(21)11-18)4-3-12-9-13(20)5-8-19(12,16)2/h5,8-9,14-17,21H,3-4,6-7,10-11H2,1-2H3/t14-,15-,16+,17+,18-,19+/m1/s1. The van der Waals surface area contributed by atoms with Gasteiger partial charge in [-0.1, -0.05) is 25.5 Å². The van der Waals surface area contributed by atoms with Crippen LogP contribution < -0.4 is 0 Å². The number of allylic oxidation sites excluding steroid dienone is 4. The Labute approximate surface area is 127 Å². The Hall–Kier alpha value is -0.890. The van der Waals surface area contributed by atoms with Gasteiger partial charge in [0.05, 0.1) is 6.10 Å². The second-order valence-electron chi connectivity index (χ2n) is 8.39. The van der Waals surface area contributed by atoms with Crippen molar-refractivity contribution >= 4 is 5.78 Å². The fourth-order valence-electron chi connectivity index (χ4n) is 6.22. The first-order chi connectivity index (χ1) is 9.92. The topological polar surface area (TPSA) is 37.3 Å². The highest BCUT2D eigenvalue weighted by Gasteiger charge is 2.57. The molecule has 0 saturated heterocycles. The summed E-state index contributed by atoms with van der Waals surface area (Å²) in [7, 11) is 0. The molecule has 0 spiro atoms. The third-order valence-corrected chi connectivity index (χ3v) is 7.30. The molecule has 3 saturated carbocycles. The summed E-state index contributed by atoms with van der Waals surface area (Å²) < 4.78 is 0. The number of ketones is 1. The molecule has 0 aromatic rings. The van der Waals surface area contributed by atoms with Crippen LogP contribution in [0.2, 0.25) is 0 Å². The van der Waals surface area contributed by atoms with Crippen molar-refractivity contribution in [2.45, 2.75) is 58.5 Å². The van der Waals surface area contributed by atoms with Crippen molar-refractivity contribution in [3.8, 4) is 0 Å². The Bertz CT molecular complexity index is 546. The number of carbonyl (C=O) groups excluding carboxylic acids is 1. The molecule has 0 radical (unpaired) electrons. The first kappa shape index (κ1) is 13.8. The summed E-state index contributed by atoms with van der Waals surface area (Å²) >= 11 is 0. The van der Waals surface area contributed by atoms with Gasteiger partial charge in [0.25, 0.3) is 0 Å². The van der Waals surface area contributed by atoms with E-state index in [2.05, 4.69) is 19.9 Å². The van der Waals surface area contributed by atoms with Gasteiger partial charge in [0.2, 0.25) is 0 Å². The van der Waals surface area contributed by atoms with Gasteiger partial charge in [-0.3, -0.25) is 4.79 Å². The summed E-state index contributed by atoms with van der Waals surface area (Å²) in [6.45, 7) is 4.74. The number of aliphatic hydroxyl groups excluding tert-OH is 1. The fraction of sp³-hybridized carbons (Fsp3) is 0.737. The van der Waals surface area contributed by atoms with Gasteiger partial charge in [-0.2, -0.15) is 0 Å². The second kappa shape index (κ2) is 4.32. The number of aliphatic hydroxyl groups is 1. The van der Waals surface area contributed by atoms with Crippen molar-refractivity contribution in [1.29, 1.82) is 0 Å². The molecule has 0 aliphatic heterocycles. The van der Waals surface area contributed by atoms with Gasteiger partial charge in [-0.15, -0.1) is 0 Å². The predicted molar refractivity (Wildman–Crippen MR) is 82.6 cm³/mol. The summed E-state index contributed by atoms with van der Waals surface area (Å²) in [6, 6.07) is 0. The monoisotopic (exact) mass is 286 g/mol. The molecular formula is C19H26O2. The molecule has 3 fully saturated rings. The van der Waals surface area contributed by atoms with Crippen LogP contribution in [0.5, 0.6) is 0 Å². The van der Waals surface area contributed by atoms with Gasteiger partial charge in [0, 0.05) is 5.41 Å². The highest BCUT2D eigenvalue weighted by molar-refractivity contribution is 6.01. The maximum Gasteiger partial charge on any atom is 0.178 e. The lowest BCUT2D eigenvalue weighted by atomic mass is 9.48. The minimum Gasteiger partial charge on any atom is -0.393 e. The molecule has 114 valence electrons. The summed E-state index contributed by atoms with van der Waals surface area (Å²) in [5.74, 6) is 2.22. The second-order valence-corrected chi connectivity index (χ2v) is 8.39. The van der Waals surface area contributed by atoms with Crippen LogP contribution in [-0.4, -0.2) is 17.0 Å². The van der Waals surface area contributed by atoms with Crippen LogP contribution in [-0.2, 0) is 4.79 Å². The van der Waals surface area contributed by atoms with Crippen LogP contribution in [0.15, 0.2) is 23.8 Å². The van der Waals surface area contributed by atoms with Crippen molar-refractivity contribution in [3.05, 3.63) is 23.8 Å². The van der Waals surface area contributed by atoms with E-state index in [1.165, 1.54) is 24.8 Å². The zero-order valence-corrected chi connectivity index (χ0v) is 13.1. The summed E-state index contributed by atoms with van der Waals surface area (Å²) in [6.07, 6.45) is 12.5. The molecule has 4 rings (SSSR count). The SMILES string of the molecule is C[C@]12CC[C@H]3[C@@H](CCC4=CC(=O)C=C[C@@]43C)[C@@H]1C[C@@H](O)C2. The summed E-state index contributed by atoms with van der Waals surface area (Å²) in [5.41, 5.74) is 1.80. The van der Waals surface area contributed by atoms with Gasteiger partial charge in [0.15, 0.2) is 5.78 Å². The Kier molecular flexibility index (Phi) is 2.83. The largest absolute Gasteiger partial charge is 0.393 e. The Morgan fingerprint density at radius 1 is 1.24 bits per heavy atom. The van der Waals surface area contributed by atoms with Crippen LogP contribution in [0.1, 0.15) is 52.4 Å². The van der Waals surface area contributed by atoms with Crippen molar-refractivity contribution in [2.24, 2.45) is 28.6 Å². The first-order valence-corrected chi connectivity index (χ1v) is 8.55. The van der Waals surface area contributed by atoms with E-state index in [0.29, 0.717) is 17.3 Å². The third-order valence-electron chi connectivity index (χ3n) is 7.30. The molecule has 0 heterocycles. The first-order valence-electron chi connectivity index (χ1n) is 8.55. The molecule has 2 heteroatoms. The molecule has 2 nitrogen and oxygen atoms in total. The van der Waals surface area contributed by atoms with E-state index in [4.69, 9.17) is 0 Å². The van der Waals surface area contributed by atoms with Crippen LogP contribution >= 0.6 is 0 Å². The summed E-state index contributed by atoms with van der Waals surface area (Å²) in [4.78, 5) is 11.7. The summed E-state index contributed by atoms with van der Waals surface area (Å²) in [5, 5.41) is 10.2. The van der Waals surface area contributed by atoms with E-state index in [1.807, 2.05) is 6.08 Å². The number of fused-ring (bicyclic) bond motifs is 5. The Balaban J connectivity index is 1.70. The van der Waals surface area contributed by atoms with Gasteiger partial charge in [-0.05, 0) is 73.8 Å². The van der Waals surface area contributed by atoms with E-state index in [1.54, 1.807) is 6.08 Å². The number of hydrogen-bond acceptors (Lipinski definition) is 2. The van der Waals surface area contributed by atoms with E-state index in [-0.39, 0.29) is 17.3 Å². The number of hydrogen-bond donors (Lipinski definition) is 1. The highest BCUT2D eigenvalue weighted by atomic mass is 16.3. The molecule has 0 aromatic carbocycles. The van der Waals surface area contributed by atoms with E-state index < -0.39 is 0 Å². The van der Waals surface area contributed by atoms with Crippen molar-refractivity contribution in [2.75, 3.05) is 0 Å². The van der Waals surface area contributed by atoms with Gasteiger partial charge in [-0.25, -0.2) is 0 Å². The molecule has 0 aromatic heterocycles. The lowest BCUT2D eigenvalue weighted by Crippen LogP contribution is -2.48. The van der Waals surface area contributed by atoms with Crippen molar-refractivity contribution < 1.29 is 9.90 Å². The normalized spacial score (nSPS) is 52.0. The quantitative estimate of drug-likeness (QED) is 0.738. The molecule has 0 amide bonds. The predicted octanol–water partition coefficient (Wildman–Crippen LogP) is 3.66. The molecule has 4 aliphatic rings. The lowest BCUT2D eigenvalue weighted by Gasteiger charge is -2.56. The Morgan fingerprint density at radius 2 is 2.05 bits per heavy atom.